The van der Waals surface area contributed by atoms with Crippen LogP contribution in [0.3, 0.4) is 0 Å². The van der Waals surface area contributed by atoms with Crippen molar-refractivity contribution in [3.8, 4) is 5.75 Å². The maximum atomic E-state index is 14.3. The summed E-state index contributed by atoms with van der Waals surface area (Å²) in [6.45, 7) is 5.97. The molecule has 3 N–H and O–H groups in total. The Morgan fingerprint density at radius 2 is 1.91 bits per heavy atom. The summed E-state index contributed by atoms with van der Waals surface area (Å²) in [4.78, 5) is 62.9. The predicted molar refractivity (Wildman–Crippen MR) is 157 cm³/mol. The largest absolute Gasteiger partial charge is 0.487 e. The number of nitrogens with two attached hydrogens (primary N) is 1. The molecular formula is C30H31ClN6O6. The first-order valence-corrected chi connectivity index (χ1v) is 14.0. The molecule has 0 saturated carbocycles. The van der Waals surface area contributed by atoms with E-state index in [9.17, 15) is 19.2 Å². The number of amides is 4. The number of nitrogens with zero attached hydrogens (tertiary/aromatic N) is 4. The van der Waals surface area contributed by atoms with Crippen LogP contribution in [-0.4, -0.2) is 69.5 Å². The number of oxazole rings is 1. The molecule has 0 bridgehead atoms. The van der Waals surface area contributed by atoms with Crippen LogP contribution in [0.1, 0.15) is 66.5 Å². The summed E-state index contributed by atoms with van der Waals surface area (Å²) in [5, 5.41) is 3.27. The van der Waals surface area contributed by atoms with E-state index in [0.717, 1.165) is 5.56 Å². The molecule has 2 aliphatic heterocycles. The summed E-state index contributed by atoms with van der Waals surface area (Å²) in [6.07, 6.45) is 2.33. The lowest BCUT2D eigenvalue weighted by Gasteiger charge is -2.35. The molecule has 0 spiro atoms. The highest BCUT2D eigenvalue weighted by Crippen LogP contribution is 2.45. The molecule has 4 amide bonds. The molecule has 3 aromatic rings. The third-order valence-electron chi connectivity index (χ3n) is 6.83. The van der Waals surface area contributed by atoms with Gasteiger partial charge in [0, 0.05) is 23.7 Å². The van der Waals surface area contributed by atoms with Crippen LogP contribution in [0.4, 0.5) is 4.79 Å². The zero-order valence-corrected chi connectivity index (χ0v) is 24.6. The van der Waals surface area contributed by atoms with Crippen LogP contribution < -0.4 is 15.8 Å². The third kappa shape index (κ3) is 6.54. The van der Waals surface area contributed by atoms with E-state index in [1.165, 1.54) is 34.5 Å². The van der Waals surface area contributed by atoms with Gasteiger partial charge >= 0.3 is 6.03 Å². The molecule has 2 aliphatic rings. The summed E-state index contributed by atoms with van der Waals surface area (Å²) < 4.78 is 12.0. The lowest BCUT2D eigenvalue weighted by atomic mass is 9.98. The minimum Gasteiger partial charge on any atom is -0.487 e. The number of amidine groups is 1. The highest BCUT2D eigenvalue weighted by atomic mass is 35.5. The molecule has 0 radical (unpaired) electrons. The van der Waals surface area contributed by atoms with Gasteiger partial charge in [-0.3, -0.25) is 24.3 Å². The topological polar surface area (TPSA) is 160 Å². The monoisotopic (exact) mass is 606 g/mol. The van der Waals surface area contributed by atoms with Crippen molar-refractivity contribution < 1.29 is 28.3 Å². The van der Waals surface area contributed by atoms with E-state index in [-0.39, 0.29) is 36.1 Å². The molecule has 2 atom stereocenters. The van der Waals surface area contributed by atoms with E-state index in [1.54, 1.807) is 18.2 Å². The Labute approximate surface area is 252 Å². The summed E-state index contributed by atoms with van der Waals surface area (Å²) in [7, 11) is 0. The fourth-order valence-corrected chi connectivity index (χ4v) is 5.15. The zero-order valence-electron chi connectivity index (χ0n) is 23.9. The molecule has 43 heavy (non-hydrogen) atoms. The molecule has 0 unspecified atom stereocenters. The van der Waals surface area contributed by atoms with Crippen molar-refractivity contribution in [2.24, 2.45) is 10.7 Å². The van der Waals surface area contributed by atoms with E-state index in [4.69, 9.17) is 31.5 Å². The molecule has 5 rings (SSSR count). The number of carbonyl (C=O) groups is 4. The number of benzene rings is 2. The van der Waals surface area contributed by atoms with Gasteiger partial charge in [0.2, 0.25) is 11.8 Å². The Morgan fingerprint density at radius 3 is 2.53 bits per heavy atom. The summed E-state index contributed by atoms with van der Waals surface area (Å²) in [6, 6.07) is 9.87. The highest BCUT2D eigenvalue weighted by molar-refractivity contribution is 6.30. The SMILES string of the molecule is CC(C)(C)Oc1cc(C(=O)CC(N)=O)ccc1C1=N[C@@H](c2ccc(Cl)cc2)[C@@H](c2cnco2)N1C(=O)N1CCNC(=O)C1. The summed E-state index contributed by atoms with van der Waals surface area (Å²) in [5.74, 6) is -0.626. The lowest BCUT2D eigenvalue weighted by molar-refractivity contribution is -0.123. The maximum absolute atomic E-state index is 14.3. The van der Waals surface area contributed by atoms with Gasteiger partial charge in [0.15, 0.2) is 12.2 Å². The van der Waals surface area contributed by atoms with E-state index in [0.29, 0.717) is 22.9 Å². The number of carbonyl (C=O) groups excluding carboxylic acids is 4. The van der Waals surface area contributed by atoms with Crippen LogP contribution in [0, 0.1) is 0 Å². The summed E-state index contributed by atoms with van der Waals surface area (Å²) >= 11 is 6.18. The Morgan fingerprint density at radius 1 is 1.16 bits per heavy atom. The van der Waals surface area contributed by atoms with Gasteiger partial charge in [0.1, 0.15) is 41.6 Å². The van der Waals surface area contributed by atoms with Crippen LogP contribution in [0.5, 0.6) is 5.75 Å². The van der Waals surface area contributed by atoms with Crippen LogP contribution in [0.25, 0.3) is 0 Å². The second kappa shape index (κ2) is 11.9. The van der Waals surface area contributed by atoms with E-state index in [1.807, 2.05) is 32.9 Å². The van der Waals surface area contributed by atoms with Crippen LogP contribution >= 0.6 is 11.6 Å². The number of ether oxygens (including phenoxy) is 1. The highest BCUT2D eigenvalue weighted by Gasteiger charge is 2.46. The second-order valence-corrected chi connectivity index (χ2v) is 11.6. The molecule has 3 heterocycles. The van der Waals surface area contributed by atoms with Crippen molar-refractivity contribution in [2.45, 2.75) is 44.9 Å². The third-order valence-corrected chi connectivity index (χ3v) is 7.08. The molecule has 13 heteroatoms. The number of primary amides is 1. The predicted octanol–water partition coefficient (Wildman–Crippen LogP) is 3.66. The number of hydrogen-bond donors (Lipinski definition) is 2. The quantitative estimate of drug-likeness (QED) is 0.306. The minimum absolute atomic E-state index is 0.136. The number of Topliss-reactive ketones (excluding diaryl/α,β-unsaturated/α-hetero) is 1. The van der Waals surface area contributed by atoms with Gasteiger partial charge in [-0.1, -0.05) is 29.8 Å². The van der Waals surface area contributed by atoms with Crippen molar-refractivity contribution in [2.75, 3.05) is 19.6 Å². The van der Waals surface area contributed by atoms with E-state index >= 15 is 0 Å². The van der Waals surface area contributed by atoms with Gasteiger partial charge in [0.25, 0.3) is 0 Å². The number of aliphatic imine (C=N–C) groups is 1. The van der Waals surface area contributed by atoms with Crippen molar-refractivity contribution in [1.82, 2.24) is 20.1 Å². The normalized spacial score (nSPS) is 18.7. The smallest absolute Gasteiger partial charge is 0.326 e. The Bertz CT molecular complexity index is 1580. The van der Waals surface area contributed by atoms with Gasteiger partial charge in [-0.25, -0.2) is 9.78 Å². The number of halogens is 1. The van der Waals surface area contributed by atoms with E-state index in [2.05, 4.69) is 10.3 Å². The van der Waals surface area contributed by atoms with Crippen molar-refractivity contribution in [1.29, 1.82) is 0 Å². The average Bonchev–Trinajstić information content (AvgIpc) is 3.60. The maximum Gasteiger partial charge on any atom is 0.326 e. The lowest BCUT2D eigenvalue weighted by Crippen LogP contribution is -2.55. The van der Waals surface area contributed by atoms with Crippen molar-refractivity contribution in [3.05, 3.63) is 82.5 Å². The first-order chi connectivity index (χ1) is 20.4. The second-order valence-electron chi connectivity index (χ2n) is 11.2. The molecule has 2 aromatic carbocycles. The average molecular weight is 607 g/mol. The van der Waals surface area contributed by atoms with Gasteiger partial charge in [-0.2, -0.15) is 0 Å². The Hall–Kier alpha value is -4.71. The molecule has 0 aliphatic carbocycles. The molecular weight excluding hydrogens is 576 g/mol. The van der Waals surface area contributed by atoms with E-state index < -0.39 is 41.8 Å². The molecule has 224 valence electrons. The fourth-order valence-electron chi connectivity index (χ4n) is 5.03. The van der Waals surface area contributed by atoms with Gasteiger partial charge < -0.3 is 25.1 Å². The summed E-state index contributed by atoms with van der Waals surface area (Å²) in [5.41, 5.74) is 5.94. The first-order valence-electron chi connectivity index (χ1n) is 13.6. The Kier molecular flexibility index (Phi) is 8.23. The minimum atomic E-state index is -0.783. The number of hydrogen-bond acceptors (Lipinski definition) is 8. The Balaban J connectivity index is 1.69. The van der Waals surface area contributed by atoms with Gasteiger partial charge in [-0.05, 0) is 50.6 Å². The molecule has 1 fully saturated rings. The van der Waals surface area contributed by atoms with Crippen LogP contribution in [0.2, 0.25) is 5.02 Å². The van der Waals surface area contributed by atoms with Crippen LogP contribution in [-0.2, 0) is 9.59 Å². The first kappa shape index (κ1) is 29.8. The van der Waals surface area contributed by atoms with Crippen LogP contribution in [0.15, 0.2) is 64.5 Å². The van der Waals surface area contributed by atoms with Crippen molar-refractivity contribution >= 4 is 41.1 Å². The number of urea groups is 1. The number of piperazine rings is 1. The van der Waals surface area contributed by atoms with Gasteiger partial charge in [-0.15, -0.1) is 0 Å². The number of rotatable bonds is 7. The molecule has 1 saturated heterocycles. The number of ketones is 1. The van der Waals surface area contributed by atoms with Gasteiger partial charge in [0.05, 0.1) is 18.2 Å². The standard InChI is InChI=1S/C30H31ClN6O6/c1-30(2,3)43-22-12-18(21(38)13-24(32)39)6-9-20(22)28-35-26(17-4-7-19(31)8-5-17)27(23-14-33-16-42-23)37(28)29(41)36-11-10-34-25(40)15-36/h4-9,12,14,16,26-27H,10-11,13,15H2,1-3H3,(H2,32,39)(H,34,40)/t26-,27+/m0/s1. The fraction of sp³-hybridized carbons (Fsp3) is 0.333. The molecule has 12 nitrogen and oxygen atoms in total. The zero-order chi connectivity index (χ0) is 30.9. The number of nitrogens with one attached hydrogen (secondary N) is 1. The molecule has 1 aromatic heterocycles. The number of aromatic nitrogens is 1. The van der Waals surface area contributed by atoms with Crippen molar-refractivity contribution in [3.63, 3.8) is 0 Å².